The summed E-state index contributed by atoms with van der Waals surface area (Å²) in [7, 11) is 0. The SMILES string of the molecule is CCOC(=O)c1c(CSCCNC=O)nc(C)c(C#N)c1-c1cccc(Cl)c1. The summed E-state index contributed by atoms with van der Waals surface area (Å²) in [4.78, 5) is 27.7. The molecule has 0 fully saturated rings. The number of benzene rings is 1. The first-order valence-electron chi connectivity index (χ1n) is 8.64. The molecule has 0 aliphatic rings. The van der Waals surface area contributed by atoms with Crippen molar-refractivity contribution in [1.82, 2.24) is 10.3 Å². The van der Waals surface area contributed by atoms with Crippen molar-refractivity contribution in [3.05, 3.63) is 51.8 Å². The van der Waals surface area contributed by atoms with Crippen molar-refractivity contribution >= 4 is 35.7 Å². The fourth-order valence-electron chi connectivity index (χ4n) is 2.72. The van der Waals surface area contributed by atoms with Gasteiger partial charge in [0, 0.05) is 28.6 Å². The molecule has 1 amide bonds. The molecular weight excluding hydrogens is 398 g/mol. The molecule has 0 bridgehead atoms. The van der Waals surface area contributed by atoms with E-state index >= 15 is 0 Å². The number of nitrogens with zero attached hydrogens (tertiary/aromatic N) is 2. The molecule has 2 aromatic rings. The van der Waals surface area contributed by atoms with E-state index in [-0.39, 0.29) is 12.2 Å². The second-order valence-electron chi connectivity index (χ2n) is 5.74. The van der Waals surface area contributed by atoms with Gasteiger partial charge in [-0.05, 0) is 31.5 Å². The highest BCUT2D eigenvalue weighted by molar-refractivity contribution is 7.98. The number of halogens is 1. The minimum atomic E-state index is -0.525. The molecule has 0 unspecified atom stereocenters. The van der Waals surface area contributed by atoms with Gasteiger partial charge in [0.1, 0.15) is 6.07 Å². The molecule has 0 saturated carbocycles. The highest BCUT2D eigenvalue weighted by Crippen LogP contribution is 2.34. The van der Waals surface area contributed by atoms with E-state index in [2.05, 4.69) is 16.4 Å². The Balaban J connectivity index is 2.60. The van der Waals surface area contributed by atoms with E-state index in [1.807, 2.05) is 0 Å². The Kier molecular flexibility index (Phi) is 8.30. The predicted octanol–water partition coefficient (Wildman–Crippen LogP) is 3.74. The minimum Gasteiger partial charge on any atom is -0.462 e. The summed E-state index contributed by atoms with van der Waals surface area (Å²) in [5, 5.41) is 12.8. The van der Waals surface area contributed by atoms with Crippen LogP contribution in [0.25, 0.3) is 11.1 Å². The largest absolute Gasteiger partial charge is 0.462 e. The van der Waals surface area contributed by atoms with Gasteiger partial charge in [-0.1, -0.05) is 23.7 Å². The zero-order chi connectivity index (χ0) is 20.5. The minimum absolute atomic E-state index is 0.208. The van der Waals surface area contributed by atoms with Gasteiger partial charge in [0.25, 0.3) is 0 Å². The van der Waals surface area contributed by atoms with E-state index in [4.69, 9.17) is 16.3 Å². The van der Waals surface area contributed by atoms with Crippen molar-refractivity contribution in [3.63, 3.8) is 0 Å². The summed E-state index contributed by atoms with van der Waals surface area (Å²) >= 11 is 7.67. The summed E-state index contributed by atoms with van der Waals surface area (Å²) in [6.07, 6.45) is 0.645. The lowest BCUT2D eigenvalue weighted by molar-refractivity contribution is -0.109. The second-order valence-corrected chi connectivity index (χ2v) is 7.28. The summed E-state index contributed by atoms with van der Waals surface area (Å²) in [5.74, 6) is 0.575. The van der Waals surface area contributed by atoms with Crippen LogP contribution >= 0.6 is 23.4 Å². The Bertz CT molecular complexity index is 912. The third-order valence-corrected chi connectivity index (χ3v) is 5.08. The average Bonchev–Trinajstić information content (AvgIpc) is 2.67. The zero-order valence-electron chi connectivity index (χ0n) is 15.6. The maximum Gasteiger partial charge on any atom is 0.340 e. The number of amides is 1. The molecule has 0 aliphatic heterocycles. The highest BCUT2D eigenvalue weighted by Gasteiger charge is 2.25. The molecule has 2 rings (SSSR count). The Morgan fingerprint density at radius 3 is 2.89 bits per heavy atom. The quantitative estimate of drug-likeness (QED) is 0.379. The van der Waals surface area contributed by atoms with Crippen LogP contribution in [0.5, 0.6) is 0 Å². The van der Waals surface area contributed by atoms with E-state index in [0.717, 1.165) is 0 Å². The predicted molar refractivity (Wildman–Crippen MR) is 110 cm³/mol. The number of aryl methyl sites for hydroxylation is 1. The maximum atomic E-state index is 12.8. The highest BCUT2D eigenvalue weighted by atomic mass is 35.5. The molecule has 1 N–H and O–H groups in total. The third kappa shape index (κ3) is 5.24. The number of nitrogens with one attached hydrogen (secondary N) is 1. The molecule has 1 aromatic carbocycles. The number of ether oxygens (including phenoxy) is 1. The van der Waals surface area contributed by atoms with Gasteiger partial charge in [0.05, 0.1) is 29.1 Å². The smallest absolute Gasteiger partial charge is 0.340 e. The molecule has 28 heavy (non-hydrogen) atoms. The fourth-order valence-corrected chi connectivity index (χ4v) is 3.72. The fraction of sp³-hybridized carbons (Fsp3) is 0.300. The zero-order valence-corrected chi connectivity index (χ0v) is 17.2. The summed E-state index contributed by atoms with van der Waals surface area (Å²) < 4.78 is 5.26. The van der Waals surface area contributed by atoms with Crippen LogP contribution in [0.1, 0.15) is 34.2 Å². The first kappa shape index (κ1) is 21.7. The topological polar surface area (TPSA) is 92.1 Å². The molecule has 8 heteroatoms. The Morgan fingerprint density at radius 2 is 2.25 bits per heavy atom. The number of thioether (sulfide) groups is 1. The van der Waals surface area contributed by atoms with E-state index in [9.17, 15) is 14.9 Å². The van der Waals surface area contributed by atoms with Gasteiger partial charge in [0.15, 0.2) is 0 Å². The summed E-state index contributed by atoms with van der Waals surface area (Å²) in [5.41, 5.74) is 2.82. The standard InChI is InChI=1S/C20H20ClN3O3S/c1-3-27-20(26)19-17(11-28-8-7-23-12-25)24-13(2)16(10-22)18(19)14-5-4-6-15(21)9-14/h4-6,9,12H,3,7-8,11H2,1-2H3,(H,23,25). The van der Waals surface area contributed by atoms with Gasteiger partial charge in [-0.25, -0.2) is 4.79 Å². The van der Waals surface area contributed by atoms with E-state index in [1.54, 1.807) is 38.1 Å². The van der Waals surface area contributed by atoms with Crippen molar-refractivity contribution < 1.29 is 14.3 Å². The van der Waals surface area contributed by atoms with Crippen molar-refractivity contribution in [1.29, 1.82) is 5.26 Å². The number of esters is 1. The average molecular weight is 418 g/mol. The van der Waals surface area contributed by atoms with Crippen molar-refractivity contribution in [2.24, 2.45) is 0 Å². The number of hydrogen-bond acceptors (Lipinski definition) is 6. The molecule has 1 aromatic heterocycles. The number of pyridine rings is 1. The number of hydrogen-bond donors (Lipinski definition) is 1. The Morgan fingerprint density at radius 1 is 1.46 bits per heavy atom. The number of nitriles is 1. The molecule has 146 valence electrons. The van der Waals surface area contributed by atoms with Crippen LogP contribution in [0.2, 0.25) is 5.02 Å². The van der Waals surface area contributed by atoms with Crippen LogP contribution in [0.15, 0.2) is 24.3 Å². The first-order chi connectivity index (χ1) is 13.5. The van der Waals surface area contributed by atoms with Crippen LogP contribution in [0, 0.1) is 18.3 Å². The molecule has 0 saturated heterocycles. The molecule has 0 atom stereocenters. The van der Waals surface area contributed by atoms with E-state index in [1.165, 1.54) is 11.8 Å². The number of aromatic nitrogens is 1. The molecular formula is C20H20ClN3O3S. The lowest BCUT2D eigenvalue weighted by atomic mass is 9.93. The monoisotopic (exact) mass is 417 g/mol. The normalized spacial score (nSPS) is 10.2. The Hall–Kier alpha value is -2.56. The van der Waals surface area contributed by atoms with Crippen LogP contribution < -0.4 is 5.32 Å². The van der Waals surface area contributed by atoms with Gasteiger partial charge in [-0.2, -0.15) is 17.0 Å². The molecule has 0 radical (unpaired) electrons. The van der Waals surface area contributed by atoms with Crippen molar-refractivity contribution in [2.75, 3.05) is 18.9 Å². The van der Waals surface area contributed by atoms with Crippen molar-refractivity contribution in [2.45, 2.75) is 19.6 Å². The summed E-state index contributed by atoms with van der Waals surface area (Å²) in [6.45, 7) is 4.19. The maximum absolute atomic E-state index is 12.8. The van der Waals surface area contributed by atoms with Crippen molar-refractivity contribution in [3.8, 4) is 17.2 Å². The third-order valence-electron chi connectivity index (χ3n) is 3.87. The molecule has 6 nitrogen and oxygen atoms in total. The van der Waals surface area contributed by atoms with Crippen LogP contribution in [0.4, 0.5) is 0 Å². The van der Waals surface area contributed by atoms with Gasteiger partial charge < -0.3 is 10.1 Å². The lowest BCUT2D eigenvalue weighted by Crippen LogP contribution is -2.16. The molecule has 1 heterocycles. The van der Waals surface area contributed by atoms with E-state index in [0.29, 0.717) is 57.6 Å². The summed E-state index contributed by atoms with van der Waals surface area (Å²) in [6, 6.07) is 9.17. The first-order valence-corrected chi connectivity index (χ1v) is 10.2. The second kappa shape index (κ2) is 10.7. The van der Waals surface area contributed by atoms with E-state index < -0.39 is 5.97 Å². The van der Waals surface area contributed by atoms with Gasteiger partial charge >= 0.3 is 5.97 Å². The van der Waals surface area contributed by atoms with Crippen LogP contribution in [-0.2, 0) is 15.3 Å². The van der Waals surface area contributed by atoms with Gasteiger partial charge in [-0.3, -0.25) is 9.78 Å². The number of rotatable bonds is 9. The number of carbonyl (C=O) groups is 2. The van der Waals surface area contributed by atoms with Gasteiger partial charge in [-0.15, -0.1) is 0 Å². The lowest BCUT2D eigenvalue weighted by Gasteiger charge is -2.17. The Labute approximate surface area is 173 Å². The molecule has 0 spiro atoms. The van der Waals surface area contributed by atoms with Crippen LogP contribution in [-0.4, -0.2) is 36.3 Å². The number of carbonyl (C=O) groups excluding carboxylic acids is 2. The molecule has 0 aliphatic carbocycles. The van der Waals surface area contributed by atoms with Gasteiger partial charge in [0.2, 0.25) is 6.41 Å². The van der Waals surface area contributed by atoms with Crippen LogP contribution in [0.3, 0.4) is 0 Å².